The molecule has 0 atom stereocenters. The lowest BCUT2D eigenvalue weighted by atomic mass is 9.88. The van der Waals surface area contributed by atoms with Gasteiger partial charge in [0.2, 0.25) is 0 Å². The van der Waals surface area contributed by atoms with Crippen LogP contribution in [0.2, 0.25) is 0 Å². The van der Waals surface area contributed by atoms with E-state index in [2.05, 4.69) is 48.2 Å². The summed E-state index contributed by atoms with van der Waals surface area (Å²) in [4.78, 5) is 11.0. The molecule has 0 heterocycles. The smallest absolute Gasteiger partial charge is 0.490 e. The zero-order valence-corrected chi connectivity index (χ0v) is 20.4. The van der Waals surface area contributed by atoms with Gasteiger partial charge in [0, 0.05) is 6.54 Å². The van der Waals surface area contributed by atoms with Gasteiger partial charge in [-0.25, -0.2) is 4.79 Å². The average Bonchev–Trinajstić information content (AvgIpc) is 2.84. The predicted octanol–water partition coefficient (Wildman–Crippen LogP) is 6.34. The van der Waals surface area contributed by atoms with Crippen LogP contribution in [0.1, 0.15) is 30.0 Å². The van der Waals surface area contributed by atoms with Crippen LogP contribution in [-0.2, 0) is 4.79 Å². The maximum atomic E-state index is 10.6. The normalized spacial score (nSPS) is 11.9. The number of rotatable bonds is 8. The number of benzene rings is 3. The minimum atomic E-state index is -5.08. The Bertz CT molecular complexity index is 1120. The van der Waals surface area contributed by atoms with Gasteiger partial charge < -0.3 is 19.8 Å². The fourth-order valence-electron chi connectivity index (χ4n) is 3.37. The zero-order valence-electron chi connectivity index (χ0n) is 20.4. The number of halogens is 3. The molecule has 0 aliphatic heterocycles. The van der Waals surface area contributed by atoms with Crippen LogP contribution < -0.4 is 4.74 Å². The average molecular weight is 502 g/mol. The molecule has 8 heteroatoms. The minimum Gasteiger partial charge on any atom is -0.508 e. The van der Waals surface area contributed by atoms with Gasteiger partial charge >= 0.3 is 12.1 Å². The summed E-state index contributed by atoms with van der Waals surface area (Å²) in [5, 5.41) is 16.8. The first-order valence-corrected chi connectivity index (χ1v) is 11.3. The van der Waals surface area contributed by atoms with Crippen molar-refractivity contribution in [2.45, 2.75) is 19.5 Å². The number of hydrogen-bond donors (Lipinski definition) is 2. The molecule has 0 saturated heterocycles. The highest BCUT2D eigenvalue weighted by atomic mass is 19.4. The van der Waals surface area contributed by atoms with E-state index in [1.807, 2.05) is 44.4 Å². The van der Waals surface area contributed by atoms with Crippen molar-refractivity contribution in [2.75, 3.05) is 27.2 Å². The van der Waals surface area contributed by atoms with Gasteiger partial charge in [0.05, 0.1) is 0 Å². The Labute approximate surface area is 209 Å². The Balaban J connectivity index is 0.000000572. The van der Waals surface area contributed by atoms with Crippen molar-refractivity contribution in [1.29, 1.82) is 0 Å². The second-order valence-electron chi connectivity index (χ2n) is 8.10. The fraction of sp³-hybridized carbons (Fsp3) is 0.250. The largest absolute Gasteiger partial charge is 0.508 e. The molecular formula is C28H30F3NO4. The van der Waals surface area contributed by atoms with Crippen LogP contribution in [0.15, 0.2) is 78.9 Å². The van der Waals surface area contributed by atoms with Crippen LogP contribution in [0.5, 0.6) is 11.5 Å². The molecule has 3 aromatic rings. The van der Waals surface area contributed by atoms with Gasteiger partial charge in [-0.05, 0) is 72.6 Å². The van der Waals surface area contributed by atoms with Gasteiger partial charge in [0.15, 0.2) is 0 Å². The lowest BCUT2D eigenvalue weighted by Gasteiger charge is -2.17. The quantitative estimate of drug-likeness (QED) is 0.353. The number of carboxylic acids is 1. The van der Waals surface area contributed by atoms with Crippen LogP contribution in [0.4, 0.5) is 13.2 Å². The standard InChI is InChI=1S/C26H29NO2.C2HF3O2/c1-4-25(20-10-14-23(28)15-11-20)26(21-8-6-5-7-9-21)22-12-16-24(17-13-22)29-19-18-27(2)3;3-2(4,5)1(6)7/h5-17,28H,4,18-19H2,1-3H3;(H,6,7)/b26-25-;. The van der Waals surface area contributed by atoms with Crippen LogP contribution in [0, 0.1) is 0 Å². The molecule has 0 bridgehead atoms. The molecule has 0 saturated carbocycles. The Morgan fingerprint density at radius 1 is 0.861 bits per heavy atom. The van der Waals surface area contributed by atoms with E-state index in [1.54, 1.807) is 12.1 Å². The molecule has 0 aliphatic rings. The molecule has 2 N–H and O–H groups in total. The fourth-order valence-corrected chi connectivity index (χ4v) is 3.37. The van der Waals surface area contributed by atoms with Crippen molar-refractivity contribution in [1.82, 2.24) is 4.90 Å². The van der Waals surface area contributed by atoms with Gasteiger partial charge in [0.25, 0.3) is 0 Å². The number of allylic oxidation sites excluding steroid dienone is 1. The highest BCUT2D eigenvalue weighted by Crippen LogP contribution is 2.35. The summed E-state index contributed by atoms with van der Waals surface area (Å²) in [6, 6.07) is 26.3. The van der Waals surface area contributed by atoms with Crippen molar-refractivity contribution in [3.8, 4) is 11.5 Å². The van der Waals surface area contributed by atoms with Crippen molar-refractivity contribution < 1.29 is 32.9 Å². The van der Waals surface area contributed by atoms with Crippen LogP contribution >= 0.6 is 0 Å². The predicted molar refractivity (Wildman–Crippen MR) is 135 cm³/mol. The number of aliphatic carboxylic acids is 1. The van der Waals surface area contributed by atoms with Gasteiger partial charge in [0.1, 0.15) is 18.1 Å². The first kappa shape index (κ1) is 28.5. The minimum absolute atomic E-state index is 0.282. The summed E-state index contributed by atoms with van der Waals surface area (Å²) in [6.07, 6.45) is -4.20. The van der Waals surface area contributed by atoms with E-state index >= 15 is 0 Å². The first-order chi connectivity index (χ1) is 17.0. The number of likely N-dealkylation sites (N-methyl/N-ethyl adjacent to an activating group) is 1. The Morgan fingerprint density at radius 2 is 1.36 bits per heavy atom. The molecule has 0 aromatic heterocycles. The number of carbonyl (C=O) groups is 1. The number of phenolic OH excluding ortho intramolecular Hbond substituents is 1. The molecule has 3 aromatic carbocycles. The molecule has 0 radical (unpaired) electrons. The van der Waals surface area contributed by atoms with Gasteiger partial charge in [-0.1, -0.05) is 61.5 Å². The van der Waals surface area contributed by atoms with E-state index in [9.17, 15) is 18.3 Å². The third-order valence-electron chi connectivity index (χ3n) is 5.13. The highest BCUT2D eigenvalue weighted by Gasteiger charge is 2.38. The highest BCUT2D eigenvalue weighted by molar-refractivity contribution is 5.98. The molecule has 3 rings (SSSR count). The van der Waals surface area contributed by atoms with E-state index in [1.165, 1.54) is 16.7 Å². The van der Waals surface area contributed by atoms with Crippen LogP contribution in [0.25, 0.3) is 11.1 Å². The van der Waals surface area contributed by atoms with E-state index in [4.69, 9.17) is 14.6 Å². The molecule has 0 fully saturated rings. The SMILES string of the molecule is CC/C(=C(\c1ccccc1)c1ccc(OCCN(C)C)cc1)c1ccc(O)cc1.O=C(O)C(F)(F)F. The Morgan fingerprint density at radius 3 is 1.83 bits per heavy atom. The van der Waals surface area contributed by atoms with Crippen molar-refractivity contribution in [3.05, 3.63) is 95.6 Å². The van der Waals surface area contributed by atoms with Gasteiger partial charge in [-0.2, -0.15) is 13.2 Å². The Hall–Kier alpha value is -3.78. The van der Waals surface area contributed by atoms with E-state index in [-0.39, 0.29) is 5.75 Å². The second-order valence-corrected chi connectivity index (χ2v) is 8.10. The summed E-state index contributed by atoms with van der Waals surface area (Å²) < 4.78 is 37.6. The number of hydrogen-bond acceptors (Lipinski definition) is 4. The number of aromatic hydroxyl groups is 1. The molecule has 0 spiro atoms. The van der Waals surface area contributed by atoms with Crippen LogP contribution in [-0.4, -0.2) is 54.5 Å². The number of phenols is 1. The van der Waals surface area contributed by atoms with Crippen molar-refractivity contribution in [2.24, 2.45) is 0 Å². The molecule has 0 aliphatic carbocycles. The lowest BCUT2D eigenvalue weighted by Crippen LogP contribution is -2.21. The molecular weight excluding hydrogens is 471 g/mol. The first-order valence-electron chi connectivity index (χ1n) is 11.3. The maximum absolute atomic E-state index is 10.6. The summed E-state index contributed by atoms with van der Waals surface area (Å²) in [6.45, 7) is 3.73. The molecule has 192 valence electrons. The topological polar surface area (TPSA) is 70.0 Å². The van der Waals surface area contributed by atoms with E-state index in [0.29, 0.717) is 6.61 Å². The summed E-state index contributed by atoms with van der Waals surface area (Å²) in [5.41, 5.74) is 5.91. The van der Waals surface area contributed by atoms with Gasteiger partial charge in [-0.15, -0.1) is 0 Å². The van der Waals surface area contributed by atoms with Crippen LogP contribution in [0.3, 0.4) is 0 Å². The molecule has 5 nitrogen and oxygen atoms in total. The lowest BCUT2D eigenvalue weighted by molar-refractivity contribution is -0.192. The zero-order chi connectivity index (χ0) is 26.7. The van der Waals surface area contributed by atoms with Crippen molar-refractivity contribution >= 4 is 17.1 Å². The van der Waals surface area contributed by atoms with E-state index < -0.39 is 12.1 Å². The Kier molecular flexibility index (Phi) is 10.5. The monoisotopic (exact) mass is 501 g/mol. The summed E-state index contributed by atoms with van der Waals surface area (Å²) in [7, 11) is 4.08. The van der Waals surface area contributed by atoms with E-state index in [0.717, 1.165) is 29.8 Å². The number of nitrogens with zero attached hydrogens (tertiary/aromatic N) is 1. The second kappa shape index (κ2) is 13.3. The molecule has 0 unspecified atom stereocenters. The third kappa shape index (κ3) is 8.78. The number of alkyl halides is 3. The van der Waals surface area contributed by atoms with Crippen molar-refractivity contribution in [3.63, 3.8) is 0 Å². The van der Waals surface area contributed by atoms with Gasteiger partial charge in [-0.3, -0.25) is 0 Å². The molecule has 0 amide bonds. The third-order valence-corrected chi connectivity index (χ3v) is 5.13. The number of ether oxygens (including phenoxy) is 1. The summed E-state index contributed by atoms with van der Waals surface area (Å²) >= 11 is 0. The number of carboxylic acid groups (broad SMARTS) is 1. The summed E-state index contributed by atoms with van der Waals surface area (Å²) in [5.74, 6) is -1.59. The maximum Gasteiger partial charge on any atom is 0.490 e. The molecule has 36 heavy (non-hydrogen) atoms.